The highest BCUT2D eigenvalue weighted by atomic mass is 79.9. The Kier molecular flexibility index (Phi) is 4.72. The predicted molar refractivity (Wildman–Crippen MR) is 72.3 cm³/mol. The Morgan fingerprint density at radius 2 is 2.17 bits per heavy atom. The van der Waals surface area contributed by atoms with Gasteiger partial charge in [0, 0.05) is 18.8 Å². The Morgan fingerprint density at radius 1 is 1.44 bits per heavy atom. The van der Waals surface area contributed by atoms with E-state index in [9.17, 15) is 4.79 Å². The standard InChI is InChI=1S/C13H17BrN2O2/c14-12-6-5-10(9-15-12)13(18)16(7-8-17)11-3-1-2-4-11/h5-6,9,11,17H,1-4,7-8H2. The quantitative estimate of drug-likeness (QED) is 0.867. The summed E-state index contributed by atoms with van der Waals surface area (Å²) in [5.74, 6) is -0.0315. The largest absolute Gasteiger partial charge is 0.395 e. The number of carbonyl (C=O) groups is 1. The fourth-order valence-electron chi connectivity index (χ4n) is 2.44. The van der Waals surface area contributed by atoms with Gasteiger partial charge in [-0.15, -0.1) is 0 Å². The lowest BCUT2D eigenvalue weighted by Gasteiger charge is -2.28. The molecule has 1 aromatic heterocycles. The van der Waals surface area contributed by atoms with E-state index in [-0.39, 0.29) is 18.6 Å². The van der Waals surface area contributed by atoms with Gasteiger partial charge in [0.05, 0.1) is 12.2 Å². The van der Waals surface area contributed by atoms with Gasteiger partial charge in [-0.05, 0) is 40.9 Å². The second-order valence-electron chi connectivity index (χ2n) is 4.53. The van der Waals surface area contributed by atoms with E-state index in [4.69, 9.17) is 5.11 Å². The number of amides is 1. The first kappa shape index (κ1) is 13.5. The number of rotatable bonds is 4. The van der Waals surface area contributed by atoms with Crippen LogP contribution in [0.5, 0.6) is 0 Å². The lowest BCUT2D eigenvalue weighted by Crippen LogP contribution is -2.40. The molecule has 1 saturated carbocycles. The van der Waals surface area contributed by atoms with Crippen LogP contribution in [0.15, 0.2) is 22.9 Å². The van der Waals surface area contributed by atoms with Crippen LogP contribution >= 0.6 is 15.9 Å². The number of hydrogen-bond donors (Lipinski definition) is 1. The molecular weight excluding hydrogens is 296 g/mol. The van der Waals surface area contributed by atoms with Crippen LogP contribution in [0.4, 0.5) is 0 Å². The maximum atomic E-state index is 12.4. The molecule has 98 valence electrons. The van der Waals surface area contributed by atoms with Gasteiger partial charge in [0.1, 0.15) is 4.60 Å². The van der Waals surface area contributed by atoms with Crippen LogP contribution in [0.1, 0.15) is 36.0 Å². The third-order valence-corrected chi connectivity index (χ3v) is 3.81. The van der Waals surface area contributed by atoms with Crippen molar-refractivity contribution in [1.29, 1.82) is 0 Å². The second-order valence-corrected chi connectivity index (χ2v) is 5.34. The van der Waals surface area contributed by atoms with Crippen molar-refractivity contribution in [1.82, 2.24) is 9.88 Å². The van der Waals surface area contributed by atoms with Crippen molar-refractivity contribution >= 4 is 21.8 Å². The van der Waals surface area contributed by atoms with Gasteiger partial charge in [-0.3, -0.25) is 4.79 Å². The summed E-state index contributed by atoms with van der Waals surface area (Å²) in [5.41, 5.74) is 0.582. The molecule has 18 heavy (non-hydrogen) atoms. The van der Waals surface area contributed by atoms with E-state index in [1.165, 1.54) is 12.8 Å². The molecule has 0 aliphatic heterocycles. The molecule has 1 N–H and O–H groups in total. The fraction of sp³-hybridized carbons (Fsp3) is 0.538. The number of aromatic nitrogens is 1. The highest BCUT2D eigenvalue weighted by Crippen LogP contribution is 2.24. The maximum absolute atomic E-state index is 12.4. The molecule has 0 saturated heterocycles. The van der Waals surface area contributed by atoms with Gasteiger partial charge in [-0.2, -0.15) is 0 Å². The van der Waals surface area contributed by atoms with Crippen molar-refractivity contribution in [2.45, 2.75) is 31.7 Å². The van der Waals surface area contributed by atoms with Crippen LogP contribution in [-0.4, -0.2) is 40.1 Å². The van der Waals surface area contributed by atoms with Crippen molar-refractivity contribution in [2.75, 3.05) is 13.2 Å². The van der Waals surface area contributed by atoms with Crippen molar-refractivity contribution in [3.8, 4) is 0 Å². The Bertz CT molecular complexity index is 402. The smallest absolute Gasteiger partial charge is 0.255 e. The van der Waals surface area contributed by atoms with Crippen LogP contribution in [0, 0.1) is 0 Å². The van der Waals surface area contributed by atoms with Gasteiger partial charge >= 0.3 is 0 Å². The van der Waals surface area contributed by atoms with E-state index in [1.807, 2.05) is 0 Å². The van der Waals surface area contributed by atoms with Gasteiger partial charge in [0.2, 0.25) is 0 Å². The van der Waals surface area contributed by atoms with E-state index in [2.05, 4.69) is 20.9 Å². The highest BCUT2D eigenvalue weighted by Gasteiger charge is 2.26. The summed E-state index contributed by atoms with van der Waals surface area (Å²) in [6.07, 6.45) is 5.98. The molecular formula is C13H17BrN2O2. The van der Waals surface area contributed by atoms with Crippen molar-refractivity contribution in [2.24, 2.45) is 0 Å². The van der Waals surface area contributed by atoms with Crippen LogP contribution in [-0.2, 0) is 0 Å². The normalized spacial score (nSPS) is 15.9. The number of halogens is 1. The molecule has 4 nitrogen and oxygen atoms in total. The van der Waals surface area contributed by atoms with Crippen molar-refractivity contribution in [3.63, 3.8) is 0 Å². The van der Waals surface area contributed by atoms with Gasteiger partial charge in [0.25, 0.3) is 5.91 Å². The van der Waals surface area contributed by atoms with Gasteiger partial charge < -0.3 is 10.0 Å². The van der Waals surface area contributed by atoms with Gasteiger partial charge in [0.15, 0.2) is 0 Å². The molecule has 1 heterocycles. The SMILES string of the molecule is O=C(c1ccc(Br)nc1)N(CCO)C1CCCC1. The minimum atomic E-state index is -0.0315. The average molecular weight is 313 g/mol. The number of aliphatic hydroxyl groups is 1. The summed E-state index contributed by atoms with van der Waals surface area (Å²) < 4.78 is 0.716. The molecule has 1 fully saturated rings. The first-order valence-electron chi connectivity index (χ1n) is 6.26. The molecule has 0 aromatic carbocycles. The number of nitrogens with zero attached hydrogens (tertiary/aromatic N) is 2. The zero-order valence-electron chi connectivity index (χ0n) is 10.2. The number of carbonyl (C=O) groups excluding carboxylic acids is 1. The van der Waals surface area contributed by atoms with Crippen LogP contribution in [0.3, 0.4) is 0 Å². The summed E-state index contributed by atoms with van der Waals surface area (Å²) in [4.78, 5) is 18.3. The lowest BCUT2D eigenvalue weighted by molar-refractivity contribution is 0.0637. The molecule has 1 aliphatic carbocycles. The molecule has 0 bridgehead atoms. The van der Waals surface area contributed by atoms with E-state index in [0.717, 1.165) is 12.8 Å². The first-order chi connectivity index (χ1) is 8.72. The molecule has 1 aliphatic rings. The zero-order chi connectivity index (χ0) is 13.0. The van der Waals surface area contributed by atoms with E-state index >= 15 is 0 Å². The van der Waals surface area contributed by atoms with E-state index < -0.39 is 0 Å². The highest BCUT2D eigenvalue weighted by molar-refractivity contribution is 9.10. The Morgan fingerprint density at radius 3 is 2.72 bits per heavy atom. The van der Waals surface area contributed by atoms with Crippen molar-refractivity contribution < 1.29 is 9.90 Å². The molecule has 0 spiro atoms. The minimum Gasteiger partial charge on any atom is -0.395 e. The average Bonchev–Trinajstić information content (AvgIpc) is 2.90. The van der Waals surface area contributed by atoms with Gasteiger partial charge in [-0.1, -0.05) is 12.8 Å². The summed E-state index contributed by atoms with van der Waals surface area (Å²) >= 11 is 3.25. The Labute approximate surface area is 115 Å². The molecule has 0 atom stereocenters. The molecule has 0 radical (unpaired) electrons. The lowest BCUT2D eigenvalue weighted by atomic mass is 10.1. The molecule has 0 unspecified atom stereocenters. The monoisotopic (exact) mass is 312 g/mol. The Balaban J connectivity index is 2.14. The molecule has 1 aromatic rings. The third-order valence-electron chi connectivity index (χ3n) is 3.34. The topological polar surface area (TPSA) is 53.4 Å². The number of aliphatic hydroxyl groups excluding tert-OH is 1. The van der Waals surface area contributed by atoms with Crippen LogP contribution in [0.25, 0.3) is 0 Å². The summed E-state index contributed by atoms with van der Waals surface area (Å²) in [5, 5.41) is 9.12. The third kappa shape index (κ3) is 3.09. The molecule has 5 heteroatoms. The second kappa shape index (κ2) is 6.29. The number of pyridine rings is 1. The van der Waals surface area contributed by atoms with E-state index in [1.54, 1.807) is 23.2 Å². The summed E-state index contributed by atoms with van der Waals surface area (Å²) in [7, 11) is 0. The molecule has 1 amide bonds. The minimum absolute atomic E-state index is 0.00615. The zero-order valence-corrected chi connectivity index (χ0v) is 11.8. The Hall–Kier alpha value is -0.940. The first-order valence-corrected chi connectivity index (χ1v) is 7.05. The van der Waals surface area contributed by atoms with Crippen molar-refractivity contribution in [3.05, 3.63) is 28.5 Å². The summed E-state index contributed by atoms with van der Waals surface area (Å²) in [6, 6.07) is 3.80. The van der Waals surface area contributed by atoms with Crippen LogP contribution < -0.4 is 0 Å². The van der Waals surface area contributed by atoms with E-state index in [0.29, 0.717) is 16.7 Å². The summed E-state index contributed by atoms with van der Waals surface area (Å²) in [6.45, 7) is 0.408. The van der Waals surface area contributed by atoms with Crippen LogP contribution in [0.2, 0.25) is 0 Å². The van der Waals surface area contributed by atoms with Gasteiger partial charge in [-0.25, -0.2) is 4.98 Å². The maximum Gasteiger partial charge on any atom is 0.255 e. The molecule has 2 rings (SSSR count). The fourth-order valence-corrected chi connectivity index (χ4v) is 2.68. The number of hydrogen-bond acceptors (Lipinski definition) is 3. The predicted octanol–water partition coefficient (Wildman–Crippen LogP) is 2.22.